The van der Waals surface area contributed by atoms with Gasteiger partial charge in [0.05, 0.1) is 0 Å². The van der Waals surface area contributed by atoms with Gasteiger partial charge in [-0.15, -0.1) is 0 Å². The number of hydrogen-bond donors (Lipinski definition) is 1. The lowest BCUT2D eigenvalue weighted by Gasteiger charge is -2.42. The summed E-state index contributed by atoms with van der Waals surface area (Å²) in [6.07, 6.45) is 14.9. The van der Waals surface area contributed by atoms with E-state index in [-0.39, 0.29) is 5.54 Å². The third-order valence-electron chi connectivity index (χ3n) is 4.82. The van der Waals surface area contributed by atoms with E-state index >= 15 is 0 Å². The molecule has 1 atom stereocenters. The highest BCUT2D eigenvalue weighted by Crippen LogP contribution is 2.37. The van der Waals surface area contributed by atoms with E-state index in [1.54, 1.807) is 13.0 Å². The van der Waals surface area contributed by atoms with Gasteiger partial charge in [-0.1, -0.05) is 41.5 Å². The molecule has 0 unspecified atom stereocenters. The van der Waals surface area contributed by atoms with Crippen LogP contribution in [0.3, 0.4) is 0 Å². The molecule has 0 saturated heterocycles. The third-order valence-corrected chi connectivity index (χ3v) is 4.82. The molecule has 0 fully saturated rings. The number of carboxylic acid groups (broad SMARTS) is 1. The van der Waals surface area contributed by atoms with Gasteiger partial charge in [0.2, 0.25) is 0 Å². The summed E-state index contributed by atoms with van der Waals surface area (Å²) in [7, 11) is 4.30. The second kappa shape index (κ2) is 8.84. The van der Waals surface area contributed by atoms with Crippen LogP contribution in [0.15, 0.2) is 58.7 Å². The van der Waals surface area contributed by atoms with Crippen molar-refractivity contribution in [2.24, 2.45) is 0 Å². The molecule has 1 aliphatic rings. The van der Waals surface area contributed by atoms with E-state index in [9.17, 15) is 4.79 Å². The first-order valence-corrected chi connectivity index (χ1v) is 8.48. The van der Waals surface area contributed by atoms with Crippen LogP contribution in [0.4, 0.5) is 0 Å². The molecule has 0 aromatic heterocycles. The Morgan fingerprint density at radius 2 is 1.88 bits per heavy atom. The fraction of sp³-hybridized carbons (Fsp3) is 0.476. The Morgan fingerprint density at radius 1 is 1.21 bits per heavy atom. The molecule has 0 spiro atoms. The van der Waals surface area contributed by atoms with Crippen LogP contribution in [0.2, 0.25) is 0 Å². The van der Waals surface area contributed by atoms with Gasteiger partial charge in [-0.25, -0.2) is 4.79 Å². The lowest BCUT2D eigenvalue weighted by molar-refractivity contribution is -0.131. The molecule has 0 radical (unpaired) electrons. The lowest BCUT2D eigenvalue weighted by atomic mass is 9.77. The van der Waals surface area contributed by atoms with Crippen LogP contribution in [-0.4, -0.2) is 35.6 Å². The Balaban J connectivity index is 2.92. The summed E-state index contributed by atoms with van der Waals surface area (Å²) in [4.78, 5) is 12.9. The summed E-state index contributed by atoms with van der Waals surface area (Å²) < 4.78 is 0. The predicted octanol–water partition coefficient (Wildman–Crippen LogP) is 4.90. The van der Waals surface area contributed by atoms with Crippen LogP contribution in [-0.2, 0) is 4.79 Å². The summed E-state index contributed by atoms with van der Waals surface area (Å²) in [5.74, 6) is -0.916. The zero-order valence-corrected chi connectivity index (χ0v) is 15.9. The largest absolute Gasteiger partial charge is 0.478 e. The standard InChI is InChI=1S/C21H31NO2/c1-16(9-7-10-17(2)15-20(23)24)12-13-19-18(3)11-8-14-21(19,4)22(5)6/h7,9-10,12-13,15H,8,11,14H2,1-6H3,(H,23,24)/b10-7+,13-12+,16-9+,17-15+/t21-/m1/s1. The van der Waals surface area contributed by atoms with E-state index in [2.05, 4.69) is 51.9 Å². The molecule has 0 saturated carbocycles. The molecule has 0 amide bonds. The van der Waals surface area contributed by atoms with E-state index < -0.39 is 5.97 Å². The van der Waals surface area contributed by atoms with Crippen LogP contribution < -0.4 is 0 Å². The monoisotopic (exact) mass is 329 g/mol. The predicted molar refractivity (Wildman–Crippen MR) is 102 cm³/mol. The molecule has 0 aromatic carbocycles. The van der Waals surface area contributed by atoms with Crippen LogP contribution in [0.25, 0.3) is 0 Å². The van der Waals surface area contributed by atoms with Crippen molar-refractivity contribution in [3.8, 4) is 0 Å². The first-order valence-electron chi connectivity index (χ1n) is 8.48. The summed E-state index contributed by atoms with van der Waals surface area (Å²) in [5.41, 5.74) is 4.84. The molecule has 1 N–H and O–H groups in total. The van der Waals surface area contributed by atoms with E-state index in [1.165, 1.54) is 36.5 Å². The molecule has 3 nitrogen and oxygen atoms in total. The molecule has 3 heteroatoms. The minimum Gasteiger partial charge on any atom is -0.478 e. The number of carboxylic acids is 1. The number of hydrogen-bond acceptors (Lipinski definition) is 2. The maximum atomic E-state index is 10.6. The van der Waals surface area contributed by atoms with Gasteiger partial charge in [0.15, 0.2) is 0 Å². The Bertz CT molecular complexity index is 618. The topological polar surface area (TPSA) is 40.5 Å². The second-order valence-electron chi connectivity index (χ2n) is 7.05. The SMILES string of the molecule is CC1=C(/C=C/C(C)=C/C=C/C(C)=C/C(=O)O)[C@](C)(N(C)C)CCC1. The molecular weight excluding hydrogens is 298 g/mol. The first-order chi connectivity index (χ1) is 11.2. The second-order valence-corrected chi connectivity index (χ2v) is 7.05. The number of nitrogens with zero attached hydrogens (tertiary/aromatic N) is 1. The van der Waals surface area contributed by atoms with Crippen LogP contribution >= 0.6 is 0 Å². The van der Waals surface area contributed by atoms with Crippen LogP contribution in [0.1, 0.15) is 47.0 Å². The minimum absolute atomic E-state index is 0.0930. The number of aliphatic carboxylic acids is 1. The Kier molecular flexibility index (Phi) is 7.43. The van der Waals surface area contributed by atoms with E-state index in [4.69, 9.17) is 5.11 Å². The fourth-order valence-electron chi connectivity index (χ4n) is 3.08. The van der Waals surface area contributed by atoms with Crippen molar-refractivity contribution in [3.63, 3.8) is 0 Å². The van der Waals surface area contributed by atoms with Crippen molar-refractivity contribution in [1.29, 1.82) is 0 Å². The summed E-state index contributed by atoms with van der Waals surface area (Å²) in [6, 6.07) is 0. The van der Waals surface area contributed by atoms with Crippen LogP contribution in [0, 0.1) is 0 Å². The first kappa shape index (κ1) is 20.2. The van der Waals surface area contributed by atoms with Crippen molar-refractivity contribution in [3.05, 3.63) is 58.7 Å². The molecule has 0 aliphatic heterocycles. The average molecular weight is 329 g/mol. The van der Waals surface area contributed by atoms with Crippen LogP contribution in [0.5, 0.6) is 0 Å². The smallest absolute Gasteiger partial charge is 0.328 e. The van der Waals surface area contributed by atoms with Gasteiger partial charge < -0.3 is 5.11 Å². The van der Waals surface area contributed by atoms with Gasteiger partial charge >= 0.3 is 5.97 Å². The fourth-order valence-corrected chi connectivity index (χ4v) is 3.08. The zero-order valence-electron chi connectivity index (χ0n) is 15.9. The van der Waals surface area contributed by atoms with E-state index in [0.717, 1.165) is 11.1 Å². The minimum atomic E-state index is -0.916. The molecule has 0 bridgehead atoms. The van der Waals surface area contributed by atoms with Gasteiger partial charge in [-0.3, -0.25) is 4.90 Å². The van der Waals surface area contributed by atoms with Gasteiger partial charge in [-0.05, 0) is 72.2 Å². The Hall–Kier alpha value is -1.87. The number of allylic oxidation sites excluding steroid dienone is 7. The highest BCUT2D eigenvalue weighted by molar-refractivity contribution is 5.81. The van der Waals surface area contributed by atoms with E-state index in [1.807, 2.05) is 12.2 Å². The van der Waals surface area contributed by atoms with Crippen molar-refractivity contribution < 1.29 is 9.90 Å². The molecule has 132 valence electrons. The Morgan fingerprint density at radius 3 is 2.46 bits per heavy atom. The van der Waals surface area contributed by atoms with Crippen molar-refractivity contribution in [2.75, 3.05) is 14.1 Å². The summed E-state index contributed by atoms with van der Waals surface area (Å²) in [6.45, 7) is 8.39. The summed E-state index contributed by atoms with van der Waals surface area (Å²) >= 11 is 0. The van der Waals surface area contributed by atoms with Gasteiger partial charge in [0.1, 0.15) is 0 Å². The number of likely N-dealkylation sites (N-methyl/N-ethyl adjacent to an activating group) is 1. The maximum absolute atomic E-state index is 10.6. The number of carbonyl (C=O) groups is 1. The number of rotatable bonds is 6. The van der Waals surface area contributed by atoms with Gasteiger partial charge in [-0.2, -0.15) is 0 Å². The molecular formula is C21H31NO2. The van der Waals surface area contributed by atoms with Crippen molar-refractivity contribution in [2.45, 2.75) is 52.5 Å². The van der Waals surface area contributed by atoms with Crippen molar-refractivity contribution in [1.82, 2.24) is 4.90 Å². The molecule has 1 aliphatic carbocycles. The van der Waals surface area contributed by atoms with E-state index in [0.29, 0.717) is 0 Å². The zero-order chi connectivity index (χ0) is 18.3. The highest BCUT2D eigenvalue weighted by Gasteiger charge is 2.33. The van der Waals surface area contributed by atoms with Gasteiger partial charge in [0, 0.05) is 11.6 Å². The third kappa shape index (κ3) is 5.64. The van der Waals surface area contributed by atoms with Gasteiger partial charge in [0.25, 0.3) is 0 Å². The molecule has 0 aromatic rings. The summed E-state index contributed by atoms with van der Waals surface area (Å²) in [5, 5.41) is 8.69. The Labute approximate surface area is 146 Å². The average Bonchev–Trinajstić information content (AvgIpc) is 2.45. The maximum Gasteiger partial charge on any atom is 0.328 e. The highest BCUT2D eigenvalue weighted by atomic mass is 16.4. The molecule has 24 heavy (non-hydrogen) atoms. The lowest BCUT2D eigenvalue weighted by Crippen LogP contribution is -2.44. The van der Waals surface area contributed by atoms with Crippen molar-refractivity contribution >= 4 is 5.97 Å². The quantitative estimate of drug-likeness (QED) is 0.557. The molecule has 0 heterocycles. The molecule has 1 rings (SSSR count). The normalized spacial score (nSPS) is 23.8.